The van der Waals surface area contributed by atoms with Gasteiger partial charge >= 0.3 is 0 Å². The summed E-state index contributed by atoms with van der Waals surface area (Å²) in [5.74, 6) is -0.403. The van der Waals surface area contributed by atoms with E-state index in [1.807, 2.05) is 6.92 Å². The van der Waals surface area contributed by atoms with E-state index in [1.54, 1.807) is 18.2 Å². The van der Waals surface area contributed by atoms with Crippen LogP contribution in [0.3, 0.4) is 0 Å². The smallest absolute Gasteiger partial charge is 0.253 e. The molecule has 1 rings (SSSR count). The molecule has 118 valence electrons. The quantitative estimate of drug-likeness (QED) is 0.716. The second kappa shape index (κ2) is 10.4. The van der Waals surface area contributed by atoms with Crippen molar-refractivity contribution in [2.75, 3.05) is 18.4 Å². The van der Waals surface area contributed by atoms with Gasteiger partial charge in [0.2, 0.25) is 5.91 Å². The lowest BCUT2D eigenvalue weighted by Gasteiger charge is -2.11. The molecule has 0 saturated carbocycles. The van der Waals surface area contributed by atoms with E-state index < -0.39 is 0 Å². The number of carbonyl (C=O) groups excluding carboxylic acids is 2. The third-order valence-electron chi connectivity index (χ3n) is 2.64. The number of hydrogen-bond acceptors (Lipinski definition) is 3. The number of nitrogens with one attached hydrogen (secondary N) is 2. The van der Waals surface area contributed by atoms with Crippen molar-refractivity contribution in [2.45, 2.75) is 26.2 Å². The van der Waals surface area contributed by atoms with Crippen LogP contribution in [0.25, 0.3) is 0 Å². The van der Waals surface area contributed by atoms with Gasteiger partial charge in [0, 0.05) is 18.0 Å². The first-order valence-corrected chi connectivity index (χ1v) is 7.04. The minimum Gasteiger partial charge on any atom is -0.352 e. The van der Waals surface area contributed by atoms with Crippen LogP contribution < -0.4 is 16.4 Å². The van der Waals surface area contributed by atoms with Gasteiger partial charge in [-0.1, -0.05) is 18.5 Å². The molecule has 0 aliphatic rings. The molecule has 0 fully saturated rings. The van der Waals surface area contributed by atoms with Crippen LogP contribution in [0.15, 0.2) is 18.2 Å². The standard InChI is InChI=1S/C14H20ClN3O2.ClH/c1-2-8-17-14(20)11-6-5-10(15)9-12(11)18-13(19)4-3-7-16;/h5-6,9H,2-4,7-8,16H2,1H3,(H,17,20)(H,18,19);1H. The van der Waals surface area contributed by atoms with E-state index in [2.05, 4.69) is 10.6 Å². The van der Waals surface area contributed by atoms with Crippen molar-refractivity contribution >= 4 is 41.5 Å². The van der Waals surface area contributed by atoms with Crippen LogP contribution in [-0.2, 0) is 4.79 Å². The summed E-state index contributed by atoms with van der Waals surface area (Å²) in [5, 5.41) is 5.94. The molecule has 2 amide bonds. The highest BCUT2D eigenvalue weighted by atomic mass is 35.5. The second-order valence-corrected chi connectivity index (χ2v) is 4.82. The van der Waals surface area contributed by atoms with Crippen LogP contribution in [0, 0.1) is 0 Å². The van der Waals surface area contributed by atoms with Crippen LogP contribution in [0.5, 0.6) is 0 Å². The summed E-state index contributed by atoms with van der Waals surface area (Å²) in [4.78, 5) is 23.7. The minimum atomic E-state index is -0.224. The van der Waals surface area contributed by atoms with E-state index in [1.165, 1.54) is 0 Å². The predicted molar refractivity (Wildman–Crippen MR) is 88.2 cm³/mol. The van der Waals surface area contributed by atoms with Crippen LogP contribution in [0.2, 0.25) is 5.02 Å². The number of anilines is 1. The highest BCUT2D eigenvalue weighted by Gasteiger charge is 2.13. The molecule has 1 aromatic rings. The predicted octanol–water partition coefficient (Wildman–Crippen LogP) is 2.58. The molecular weight excluding hydrogens is 313 g/mol. The highest BCUT2D eigenvalue weighted by molar-refractivity contribution is 6.31. The Morgan fingerprint density at radius 2 is 2.05 bits per heavy atom. The number of nitrogens with two attached hydrogens (primary N) is 1. The Kier molecular flexibility index (Phi) is 9.78. The summed E-state index contributed by atoms with van der Waals surface area (Å²) in [7, 11) is 0. The monoisotopic (exact) mass is 333 g/mol. The molecule has 0 unspecified atom stereocenters. The highest BCUT2D eigenvalue weighted by Crippen LogP contribution is 2.21. The van der Waals surface area contributed by atoms with Crippen molar-refractivity contribution in [3.05, 3.63) is 28.8 Å². The van der Waals surface area contributed by atoms with Gasteiger partial charge < -0.3 is 16.4 Å². The number of rotatable bonds is 7. The molecule has 0 atom stereocenters. The van der Waals surface area contributed by atoms with Crippen molar-refractivity contribution in [2.24, 2.45) is 5.73 Å². The maximum absolute atomic E-state index is 12.0. The molecule has 0 bridgehead atoms. The summed E-state index contributed by atoms with van der Waals surface area (Å²) < 4.78 is 0. The van der Waals surface area contributed by atoms with Crippen LogP contribution in [-0.4, -0.2) is 24.9 Å². The molecule has 0 spiro atoms. The van der Waals surface area contributed by atoms with Crippen LogP contribution in [0.1, 0.15) is 36.5 Å². The fraction of sp³-hybridized carbons (Fsp3) is 0.429. The Morgan fingerprint density at radius 3 is 2.67 bits per heavy atom. The molecule has 0 saturated heterocycles. The first-order chi connectivity index (χ1) is 9.58. The summed E-state index contributed by atoms with van der Waals surface area (Å²) in [5.41, 5.74) is 6.19. The zero-order chi connectivity index (χ0) is 15.0. The number of benzene rings is 1. The summed E-state index contributed by atoms with van der Waals surface area (Å²) >= 11 is 5.91. The number of hydrogen-bond donors (Lipinski definition) is 3. The summed E-state index contributed by atoms with van der Waals surface area (Å²) in [6.07, 6.45) is 1.76. The van der Waals surface area contributed by atoms with E-state index in [0.29, 0.717) is 42.2 Å². The lowest BCUT2D eigenvalue weighted by atomic mass is 10.1. The Morgan fingerprint density at radius 1 is 1.33 bits per heavy atom. The van der Waals surface area contributed by atoms with Gasteiger partial charge in [-0.2, -0.15) is 0 Å². The number of amides is 2. The Labute approximate surface area is 136 Å². The molecule has 0 radical (unpaired) electrons. The van der Waals surface area contributed by atoms with E-state index in [9.17, 15) is 9.59 Å². The lowest BCUT2D eigenvalue weighted by Crippen LogP contribution is -2.26. The zero-order valence-corrected chi connectivity index (χ0v) is 13.5. The summed E-state index contributed by atoms with van der Waals surface area (Å²) in [6.45, 7) is 3.01. The molecule has 0 aliphatic heterocycles. The molecule has 5 nitrogen and oxygen atoms in total. The van der Waals surface area contributed by atoms with Crippen molar-refractivity contribution < 1.29 is 9.59 Å². The molecule has 1 aromatic carbocycles. The van der Waals surface area contributed by atoms with E-state index in [-0.39, 0.29) is 24.2 Å². The van der Waals surface area contributed by atoms with Crippen molar-refractivity contribution in [1.29, 1.82) is 0 Å². The minimum absolute atomic E-state index is 0. The normalized spacial score (nSPS) is 9.67. The fourth-order valence-electron chi connectivity index (χ4n) is 1.63. The molecule has 0 heterocycles. The Bertz CT molecular complexity index is 481. The van der Waals surface area contributed by atoms with Gasteiger partial charge in [0.25, 0.3) is 5.91 Å². The van der Waals surface area contributed by atoms with Crippen LogP contribution >= 0.6 is 24.0 Å². The Balaban J connectivity index is 0.00000400. The third kappa shape index (κ3) is 6.80. The maximum Gasteiger partial charge on any atom is 0.253 e. The lowest BCUT2D eigenvalue weighted by molar-refractivity contribution is -0.116. The van der Waals surface area contributed by atoms with Gasteiger partial charge in [0.1, 0.15) is 0 Å². The van der Waals surface area contributed by atoms with Gasteiger partial charge in [0.05, 0.1) is 11.3 Å². The second-order valence-electron chi connectivity index (χ2n) is 4.39. The van der Waals surface area contributed by atoms with Gasteiger partial charge in [0.15, 0.2) is 0 Å². The molecular formula is C14H21Cl2N3O2. The first-order valence-electron chi connectivity index (χ1n) is 6.66. The van der Waals surface area contributed by atoms with Crippen molar-refractivity contribution in [3.8, 4) is 0 Å². The molecule has 7 heteroatoms. The van der Waals surface area contributed by atoms with Crippen LogP contribution in [0.4, 0.5) is 5.69 Å². The summed E-state index contributed by atoms with van der Waals surface area (Å²) in [6, 6.07) is 4.80. The largest absolute Gasteiger partial charge is 0.352 e. The fourth-order valence-corrected chi connectivity index (χ4v) is 1.80. The van der Waals surface area contributed by atoms with E-state index in [0.717, 1.165) is 6.42 Å². The third-order valence-corrected chi connectivity index (χ3v) is 2.88. The van der Waals surface area contributed by atoms with E-state index in [4.69, 9.17) is 17.3 Å². The van der Waals surface area contributed by atoms with E-state index >= 15 is 0 Å². The number of carbonyl (C=O) groups is 2. The molecule has 0 aromatic heterocycles. The SMILES string of the molecule is CCCNC(=O)c1ccc(Cl)cc1NC(=O)CCCN.Cl. The van der Waals surface area contributed by atoms with Gasteiger partial charge in [-0.05, 0) is 37.6 Å². The Hall–Kier alpha value is -1.30. The van der Waals surface area contributed by atoms with Gasteiger partial charge in [-0.3, -0.25) is 9.59 Å². The van der Waals surface area contributed by atoms with Crippen molar-refractivity contribution in [3.63, 3.8) is 0 Å². The van der Waals surface area contributed by atoms with Gasteiger partial charge in [-0.15, -0.1) is 12.4 Å². The average Bonchev–Trinajstić information content (AvgIpc) is 2.42. The average molecular weight is 334 g/mol. The maximum atomic E-state index is 12.0. The molecule has 0 aliphatic carbocycles. The first kappa shape index (κ1) is 19.7. The molecule has 4 N–H and O–H groups in total. The van der Waals surface area contributed by atoms with Gasteiger partial charge in [-0.25, -0.2) is 0 Å². The van der Waals surface area contributed by atoms with Crippen molar-refractivity contribution in [1.82, 2.24) is 5.32 Å². The number of halogens is 2. The topological polar surface area (TPSA) is 84.2 Å². The zero-order valence-electron chi connectivity index (χ0n) is 11.9. The molecule has 21 heavy (non-hydrogen) atoms.